The Hall–Kier alpha value is -3.36. The van der Waals surface area contributed by atoms with Crippen molar-refractivity contribution in [3.05, 3.63) is 70.9 Å². The summed E-state index contributed by atoms with van der Waals surface area (Å²) in [7, 11) is 0. The van der Waals surface area contributed by atoms with Gasteiger partial charge in [0.25, 0.3) is 0 Å². The predicted octanol–water partition coefficient (Wildman–Crippen LogP) is 3.69. The number of rotatable bonds is 6. The SMILES string of the molecule is CCOC(=O)C(=CNc1ccccc1O)C(=O)c1cc(F)c(F)c(F)c1F. The summed E-state index contributed by atoms with van der Waals surface area (Å²) in [5.41, 5.74) is -1.92. The van der Waals surface area contributed by atoms with Gasteiger partial charge in [-0.3, -0.25) is 4.79 Å². The van der Waals surface area contributed by atoms with E-state index in [-0.39, 0.29) is 24.1 Å². The number of phenolic OH excluding ortho intramolecular Hbond substituents is 1. The summed E-state index contributed by atoms with van der Waals surface area (Å²) in [6, 6.07) is 5.90. The molecule has 9 heteroatoms. The second-order valence-electron chi connectivity index (χ2n) is 5.12. The predicted molar refractivity (Wildman–Crippen MR) is 87.1 cm³/mol. The Kier molecular flexibility index (Phi) is 6.17. The standard InChI is InChI=1S/C18H13F4NO4/c1-2-27-18(26)10(8-23-12-5-3-4-6-13(12)24)17(25)9-7-11(19)15(21)16(22)14(9)20/h3-8,23-24H,2H2,1H3. The van der Waals surface area contributed by atoms with E-state index in [0.29, 0.717) is 0 Å². The zero-order valence-electron chi connectivity index (χ0n) is 13.9. The summed E-state index contributed by atoms with van der Waals surface area (Å²) in [6.45, 7) is 1.29. The number of Topliss-reactive ketones (excluding diaryl/α,β-unsaturated/α-hetero) is 1. The Balaban J connectivity index is 2.48. The number of phenols is 1. The van der Waals surface area contributed by atoms with Gasteiger partial charge >= 0.3 is 5.97 Å². The minimum atomic E-state index is -2.18. The van der Waals surface area contributed by atoms with E-state index in [0.717, 1.165) is 6.20 Å². The number of carbonyl (C=O) groups is 2. The van der Waals surface area contributed by atoms with Gasteiger partial charge in [-0.05, 0) is 25.1 Å². The van der Waals surface area contributed by atoms with Crippen LogP contribution in [0, 0.1) is 23.3 Å². The van der Waals surface area contributed by atoms with Crippen molar-refractivity contribution in [2.45, 2.75) is 6.92 Å². The third-order valence-corrected chi connectivity index (χ3v) is 3.36. The van der Waals surface area contributed by atoms with Gasteiger partial charge in [-0.1, -0.05) is 12.1 Å². The first-order valence-corrected chi connectivity index (χ1v) is 7.57. The van der Waals surface area contributed by atoms with E-state index >= 15 is 0 Å². The van der Waals surface area contributed by atoms with E-state index in [4.69, 9.17) is 0 Å². The van der Waals surface area contributed by atoms with Crippen molar-refractivity contribution in [1.29, 1.82) is 0 Å². The molecule has 5 nitrogen and oxygen atoms in total. The van der Waals surface area contributed by atoms with Crippen LogP contribution >= 0.6 is 0 Å². The number of esters is 1. The van der Waals surface area contributed by atoms with Crippen molar-refractivity contribution in [2.75, 3.05) is 11.9 Å². The van der Waals surface area contributed by atoms with Gasteiger partial charge in [-0.2, -0.15) is 0 Å². The lowest BCUT2D eigenvalue weighted by molar-refractivity contribution is -0.138. The highest BCUT2D eigenvalue weighted by Crippen LogP contribution is 2.24. The maximum Gasteiger partial charge on any atom is 0.343 e. The van der Waals surface area contributed by atoms with Crippen molar-refractivity contribution < 1.29 is 37.0 Å². The lowest BCUT2D eigenvalue weighted by atomic mass is 10.0. The number of para-hydroxylation sites is 2. The lowest BCUT2D eigenvalue weighted by Gasteiger charge is -2.10. The maximum absolute atomic E-state index is 13.9. The number of anilines is 1. The lowest BCUT2D eigenvalue weighted by Crippen LogP contribution is -2.19. The smallest absolute Gasteiger partial charge is 0.343 e. The molecule has 0 saturated heterocycles. The molecule has 0 heterocycles. The number of hydrogen-bond acceptors (Lipinski definition) is 5. The number of halogens is 4. The molecule has 0 aliphatic rings. The molecular weight excluding hydrogens is 370 g/mol. The van der Waals surface area contributed by atoms with Crippen LogP contribution in [0.2, 0.25) is 0 Å². The Morgan fingerprint density at radius 2 is 1.78 bits per heavy atom. The highest BCUT2D eigenvalue weighted by Gasteiger charge is 2.28. The van der Waals surface area contributed by atoms with E-state index in [1.165, 1.54) is 31.2 Å². The van der Waals surface area contributed by atoms with Crippen LogP contribution in [0.3, 0.4) is 0 Å². The molecule has 0 spiro atoms. The zero-order valence-corrected chi connectivity index (χ0v) is 13.9. The van der Waals surface area contributed by atoms with Crippen LogP contribution in [-0.2, 0) is 9.53 Å². The van der Waals surface area contributed by atoms with Gasteiger partial charge in [0, 0.05) is 6.20 Å². The molecule has 0 aliphatic heterocycles. The fourth-order valence-corrected chi connectivity index (χ4v) is 2.05. The van der Waals surface area contributed by atoms with Crippen molar-refractivity contribution in [3.63, 3.8) is 0 Å². The summed E-state index contributed by atoms with van der Waals surface area (Å²) < 4.78 is 58.4. The molecule has 0 radical (unpaired) electrons. The molecule has 2 N–H and O–H groups in total. The first-order valence-electron chi connectivity index (χ1n) is 7.57. The van der Waals surface area contributed by atoms with Gasteiger partial charge < -0.3 is 15.2 Å². The monoisotopic (exact) mass is 383 g/mol. The Morgan fingerprint density at radius 1 is 1.11 bits per heavy atom. The van der Waals surface area contributed by atoms with Crippen molar-refractivity contribution in [3.8, 4) is 5.75 Å². The van der Waals surface area contributed by atoms with Gasteiger partial charge in [-0.15, -0.1) is 0 Å². The Morgan fingerprint density at radius 3 is 2.41 bits per heavy atom. The molecule has 0 atom stereocenters. The third-order valence-electron chi connectivity index (χ3n) is 3.36. The van der Waals surface area contributed by atoms with E-state index in [1.54, 1.807) is 0 Å². The number of hydrogen-bond donors (Lipinski definition) is 2. The minimum absolute atomic E-state index is 0.0871. The van der Waals surface area contributed by atoms with Crippen LogP contribution in [0.4, 0.5) is 23.2 Å². The molecule has 2 aromatic rings. The van der Waals surface area contributed by atoms with Gasteiger partial charge in [0.2, 0.25) is 5.78 Å². The average molecular weight is 383 g/mol. The Bertz CT molecular complexity index is 928. The quantitative estimate of drug-likeness (QED) is 0.0916. The van der Waals surface area contributed by atoms with Crippen LogP contribution in [0.15, 0.2) is 42.1 Å². The molecule has 0 bridgehead atoms. The van der Waals surface area contributed by atoms with Gasteiger partial charge in [-0.25, -0.2) is 22.4 Å². The first-order chi connectivity index (χ1) is 12.8. The third kappa shape index (κ3) is 4.25. The molecule has 0 aromatic heterocycles. The van der Waals surface area contributed by atoms with Crippen LogP contribution < -0.4 is 5.32 Å². The normalized spacial score (nSPS) is 11.2. The van der Waals surface area contributed by atoms with E-state index < -0.39 is 46.2 Å². The van der Waals surface area contributed by atoms with Crippen molar-refractivity contribution in [1.82, 2.24) is 0 Å². The van der Waals surface area contributed by atoms with E-state index in [9.17, 15) is 32.3 Å². The van der Waals surface area contributed by atoms with Gasteiger partial charge in [0.15, 0.2) is 23.3 Å². The molecular formula is C18H13F4NO4. The summed E-state index contributed by atoms with van der Waals surface area (Å²) in [5.74, 6) is -10.9. The van der Waals surface area contributed by atoms with E-state index in [1.807, 2.05) is 0 Å². The highest BCUT2D eigenvalue weighted by molar-refractivity contribution is 6.24. The molecule has 142 valence electrons. The molecule has 27 heavy (non-hydrogen) atoms. The van der Waals surface area contributed by atoms with E-state index in [2.05, 4.69) is 10.1 Å². The van der Waals surface area contributed by atoms with Crippen LogP contribution in [0.5, 0.6) is 5.75 Å². The van der Waals surface area contributed by atoms with Crippen LogP contribution in [-0.4, -0.2) is 23.5 Å². The first kappa shape index (κ1) is 20.0. The van der Waals surface area contributed by atoms with Crippen molar-refractivity contribution in [2.24, 2.45) is 0 Å². The van der Waals surface area contributed by atoms with Gasteiger partial charge in [0.1, 0.15) is 11.3 Å². The van der Waals surface area contributed by atoms with Crippen molar-refractivity contribution >= 4 is 17.4 Å². The average Bonchev–Trinajstić information content (AvgIpc) is 2.64. The largest absolute Gasteiger partial charge is 0.506 e. The number of nitrogens with one attached hydrogen (secondary N) is 1. The fourth-order valence-electron chi connectivity index (χ4n) is 2.05. The maximum atomic E-state index is 13.9. The number of benzene rings is 2. The molecule has 0 saturated carbocycles. The zero-order chi connectivity index (χ0) is 20.1. The second kappa shape index (κ2) is 8.35. The van der Waals surface area contributed by atoms with Crippen LogP contribution in [0.25, 0.3) is 0 Å². The molecule has 2 rings (SSSR count). The topological polar surface area (TPSA) is 75.6 Å². The summed E-state index contributed by atoms with van der Waals surface area (Å²) in [6.07, 6.45) is 0.786. The Labute approximate surface area is 150 Å². The van der Waals surface area contributed by atoms with Gasteiger partial charge in [0.05, 0.1) is 17.9 Å². The number of carbonyl (C=O) groups excluding carboxylic acids is 2. The number of aromatic hydroxyl groups is 1. The summed E-state index contributed by atoms with van der Waals surface area (Å²) >= 11 is 0. The summed E-state index contributed by atoms with van der Waals surface area (Å²) in [4.78, 5) is 24.5. The molecule has 0 fully saturated rings. The molecule has 0 amide bonds. The summed E-state index contributed by atoms with van der Waals surface area (Å²) in [5, 5.41) is 12.1. The molecule has 0 aliphatic carbocycles. The number of ketones is 1. The molecule has 2 aromatic carbocycles. The fraction of sp³-hybridized carbons (Fsp3) is 0.111. The molecule has 0 unspecified atom stereocenters. The second-order valence-corrected chi connectivity index (χ2v) is 5.12. The highest BCUT2D eigenvalue weighted by atomic mass is 19.2. The number of ether oxygens (including phenoxy) is 1. The van der Waals surface area contributed by atoms with Crippen LogP contribution in [0.1, 0.15) is 17.3 Å². The minimum Gasteiger partial charge on any atom is -0.506 e.